The fourth-order valence-corrected chi connectivity index (χ4v) is 1.54. The van der Waals surface area contributed by atoms with Crippen molar-refractivity contribution in [2.24, 2.45) is 11.3 Å². The fourth-order valence-electron chi connectivity index (χ4n) is 1.54. The van der Waals surface area contributed by atoms with Gasteiger partial charge in [0, 0.05) is 18.6 Å². The standard InChI is InChI=1S/C9H16O2/c1-9(2,7-10)5-8-3-4-11-6-8/h7-8H,3-6H2,1-2H3/t8-/m1/s1. The highest BCUT2D eigenvalue weighted by Crippen LogP contribution is 2.27. The SMILES string of the molecule is CC(C)(C=O)C[C@H]1CCOC1. The van der Waals surface area contributed by atoms with Crippen LogP contribution in [0.2, 0.25) is 0 Å². The predicted octanol–water partition coefficient (Wildman–Crippen LogP) is 1.64. The van der Waals surface area contributed by atoms with Gasteiger partial charge < -0.3 is 9.53 Å². The van der Waals surface area contributed by atoms with Crippen molar-refractivity contribution in [3.8, 4) is 0 Å². The quantitative estimate of drug-likeness (QED) is 0.581. The lowest BCUT2D eigenvalue weighted by Gasteiger charge is -2.19. The van der Waals surface area contributed by atoms with Gasteiger partial charge in [0.15, 0.2) is 0 Å². The van der Waals surface area contributed by atoms with Gasteiger partial charge in [-0.1, -0.05) is 13.8 Å². The largest absolute Gasteiger partial charge is 0.381 e. The number of ether oxygens (including phenoxy) is 1. The van der Waals surface area contributed by atoms with Crippen LogP contribution in [0.1, 0.15) is 26.7 Å². The topological polar surface area (TPSA) is 26.3 Å². The van der Waals surface area contributed by atoms with E-state index >= 15 is 0 Å². The molecule has 2 nitrogen and oxygen atoms in total. The van der Waals surface area contributed by atoms with Crippen LogP contribution in [-0.4, -0.2) is 19.5 Å². The summed E-state index contributed by atoms with van der Waals surface area (Å²) < 4.78 is 5.23. The summed E-state index contributed by atoms with van der Waals surface area (Å²) >= 11 is 0. The van der Waals surface area contributed by atoms with Crippen LogP contribution >= 0.6 is 0 Å². The summed E-state index contributed by atoms with van der Waals surface area (Å²) in [4.78, 5) is 10.6. The van der Waals surface area contributed by atoms with Crippen LogP contribution in [0.3, 0.4) is 0 Å². The minimum Gasteiger partial charge on any atom is -0.381 e. The molecule has 1 aliphatic heterocycles. The second-order valence-corrected chi connectivity index (χ2v) is 4.04. The third-order valence-electron chi connectivity index (χ3n) is 2.16. The van der Waals surface area contributed by atoms with Crippen LogP contribution in [0.25, 0.3) is 0 Å². The van der Waals surface area contributed by atoms with Gasteiger partial charge in [-0.25, -0.2) is 0 Å². The summed E-state index contributed by atoms with van der Waals surface area (Å²) in [7, 11) is 0. The molecule has 0 aliphatic carbocycles. The van der Waals surface area contributed by atoms with Crippen molar-refractivity contribution in [3.05, 3.63) is 0 Å². The maximum Gasteiger partial charge on any atom is 0.125 e. The molecule has 0 aromatic carbocycles. The third kappa shape index (κ3) is 2.62. The molecule has 0 radical (unpaired) electrons. The molecule has 0 unspecified atom stereocenters. The predicted molar refractivity (Wildman–Crippen MR) is 43.4 cm³/mol. The molecule has 11 heavy (non-hydrogen) atoms. The zero-order valence-corrected chi connectivity index (χ0v) is 7.30. The number of carbonyl (C=O) groups is 1. The highest BCUT2D eigenvalue weighted by atomic mass is 16.5. The molecule has 0 bridgehead atoms. The van der Waals surface area contributed by atoms with Gasteiger partial charge in [0.25, 0.3) is 0 Å². The molecule has 0 aromatic rings. The molecule has 0 N–H and O–H groups in total. The van der Waals surface area contributed by atoms with Gasteiger partial charge in [0.05, 0.1) is 0 Å². The number of hydrogen-bond acceptors (Lipinski definition) is 2. The van der Waals surface area contributed by atoms with Crippen molar-refractivity contribution in [1.82, 2.24) is 0 Å². The Morgan fingerprint density at radius 3 is 2.82 bits per heavy atom. The van der Waals surface area contributed by atoms with Crippen molar-refractivity contribution in [1.29, 1.82) is 0 Å². The van der Waals surface area contributed by atoms with Gasteiger partial charge in [-0.3, -0.25) is 0 Å². The van der Waals surface area contributed by atoms with Gasteiger partial charge >= 0.3 is 0 Å². The van der Waals surface area contributed by atoms with Gasteiger partial charge in [0.2, 0.25) is 0 Å². The molecule has 0 amide bonds. The first-order valence-corrected chi connectivity index (χ1v) is 4.18. The normalized spacial score (nSPS) is 25.5. The first-order chi connectivity index (χ1) is 5.14. The Bertz CT molecular complexity index is 134. The van der Waals surface area contributed by atoms with E-state index in [1.54, 1.807) is 0 Å². The Kier molecular flexibility index (Phi) is 2.66. The van der Waals surface area contributed by atoms with E-state index in [-0.39, 0.29) is 5.41 Å². The molecular formula is C9H16O2. The lowest BCUT2D eigenvalue weighted by Crippen LogP contribution is -2.18. The number of aldehydes is 1. The molecular weight excluding hydrogens is 140 g/mol. The molecule has 0 aromatic heterocycles. The number of carbonyl (C=O) groups excluding carboxylic acids is 1. The van der Waals surface area contributed by atoms with Crippen molar-refractivity contribution >= 4 is 6.29 Å². The Hall–Kier alpha value is -0.370. The van der Waals surface area contributed by atoms with Crippen molar-refractivity contribution < 1.29 is 9.53 Å². The highest BCUT2D eigenvalue weighted by Gasteiger charge is 2.25. The number of hydrogen-bond donors (Lipinski definition) is 0. The molecule has 1 saturated heterocycles. The average molecular weight is 156 g/mol. The van der Waals surface area contributed by atoms with Crippen LogP contribution in [-0.2, 0) is 9.53 Å². The molecule has 1 rings (SSSR count). The van der Waals surface area contributed by atoms with Gasteiger partial charge in [-0.05, 0) is 18.8 Å². The van der Waals surface area contributed by atoms with Gasteiger partial charge in [0.1, 0.15) is 6.29 Å². The van der Waals surface area contributed by atoms with E-state index in [9.17, 15) is 4.79 Å². The lowest BCUT2D eigenvalue weighted by molar-refractivity contribution is -0.115. The van der Waals surface area contributed by atoms with Crippen molar-refractivity contribution in [2.45, 2.75) is 26.7 Å². The lowest BCUT2D eigenvalue weighted by atomic mass is 9.84. The third-order valence-corrected chi connectivity index (χ3v) is 2.16. The van der Waals surface area contributed by atoms with Crippen molar-refractivity contribution in [2.75, 3.05) is 13.2 Å². The van der Waals surface area contributed by atoms with Gasteiger partial charge in [-0.2, -0.15) is 0 Å². The Labute approximate surface area is 67.9 Å². The Balaban J connectivity index is 2.33. The Morgan fingerprint density at radius 1 is 1.64 bits per heavy atom. The first-order valence-electron chi connectivity index (χ1n) is 4.18. The van der Waals surface area contributed by atoms with Crippen LogP contribution in [0.15, 0.2) is 0 Å². The molecule has 64 valence electrons. The van der Waals surface area contributed by atoms with E-state index in [0.29, 0.717) is 5.92 Å². The summed E-state index contributed by atoms with van der Waals surface area (Å²) in [5.41, 5.74) is -0.154. The smallest absolute Gasteiger partial charge is 0.125 e. The van der Waals surface area contributed by atoms with E-state index < -0.39 is 0 Å². The highest BCUT2D eigenvalue weighted by molar-refractivity contribution is 5.57. The zero-order valence-electron chi connectivity index (χ0n) is 7.30. The summed E-state index contributed by atoms with van der Waals surface area (Å²) in [6, 6.07) is 0. The molecule has 1 atom stereocenters. The molecule has 0 spiro atoms. The summed E-state index contributed by atoms with van der Waals surface area (Å²) in [6.07, 6.45) is 3.14. The zero-order chi connectivity index (χ0) is 8.32. The van der Waals surface area contributed by atoms with E-state index in [1.165, 1.54) is 0 Å². The molecule has 0 saturated carbocycles. The molecule has 1 fully saturated rings. The number of rotatable bonds is 3. The van der Waals surface area contributed by atoms with Crippen molar-refractivity contribution in [3.63, 3.8) is 0 Å². The maximum atomic E-state index is 10.6. The van der Waals surface area contributed by atoms with Crippen LogP contribution in [0.5, 0.6) is 0 Å². The van der Waals surface area contributed by atoms with E-state index in [4.69, 9.17) is 4.74 Å². The minimum atomic E-state index is -0.154. The summed E-state index contributed by atoms with van der Waals surface area (Å²) in [5, 5.41) is 0. The Morgan fingerprint density at radius 2 is 2.36 bits per heavy atom. The second kappa shape index (κ2) is 3.35. The molecule has 1 heterocycles. The van der Waals surface area contributed by atoms with Crippen LogP contribution in [0, 0.1) is 11.3 Å². The van der Waals surface area contributed by atoms with Crippen LogP contribution < -0.4 is 0 Å². The molecule has 2 heteroatoms. The summed E-state index contributed by atoms with van der Waals surface area (Å²) in [5.74, 6) is 0.607. The fraction of sp³-hybridized carbons (Fsp3) is 0.889. The second-order valence-electron chi connectivity index (χ2n) is 4.04. The van der Waals surface area contributed by atoms with Crippen LogP contribution in [0.4, 0.5) is 0 Å². The van der Waals surface area contributed by atoms with E-state index in [2.05, 4.69) is 0 Å². The molecule has 1 aliphatic rings. The maximum absolute atomic E-state index is 10.6. The first kappa shape index (κ1) is 8.72. The van der Waals surface area contributed by atoms with E-state index in [0.717, 1.165) is 32.3 Å². The van der Waals surface area contributed by atoms with Gasteiger partial charge in [-0.15, -0.1) is 0 Å². The minimum absolute atomic E-state index is 0.154. The summed E-state index contributed by atoms with van der Waals surface area (Å²) in [6.45, 7) is 5.69. The van der Waals surface area contributed by atoms with E-state index in [1.807, 2.05) is 13.8 Å². The average Bonchev–Trinajstić information content (AvgIpc) is 2.39. The monoisotopic (exact) mass is 156 g/mol.